The van der Waals surface area contributed by atoms with E-state index in [0.29, 0.717) is 18.7 Å². The predicted octanol–water partition coefficient (Wildman–Crippen LogP) is 3.45. The first-order chi connectivity index (χ1) is 11.4. The fourth-order valence-electron chi connectivity index (χ4n) is 3.51. The van der Waals surface area contributed by atoms with Gasteiger partial charge in [-0.25, -0.2) is 0 Å². The molecule has 0 fully saturated rings. The van der Waals surface area contributed by atoms with Crippen molar-refractivity contribution in [1.29, 1.82) is 0 Å². The van der Waals surface area contributed by atoms with Crippen molar-refractivity contribution in [1.82, 2.24) is 10.3 Å². The molecule has 1 amide bonds. The van der Waals surface area contributed by atoms with Crippen LogP contribution in [0.15, 0.2) is 30.3 Å². The smallest absolute Gasteiger partial charge is 0.268 e. The first kappa shape index (κ1) is 16.5. The maximum atomic E-state index is 12.5. The summed E-state index contributed by atoms with van der Waals surface area (Å²) < 4.78 is 0. The summed E-state index contributed by atoms with van der Waals surface area (Å²) in [6, 6.07) is 10.1. The first-order valence-corrected chi connectivity index (χ1v) is 8.44. The van der Waals surface area contributed by atoms with E-state index in [4.69, 9.17) is 0 Å². The summed E-state index contributed by atoms with van der Waals surface area (Å²) in [6.45, 7) is 6.61. The Morgan fingerprint density at radius 2 is 1.92 bits per heavy atom. The number of H-pyrrole nitrogens is 1. The third kappa shape index (κ3) is 3.28. The van der Waals surface area contributed by atoms with Crippen molar-refractivity contribution in [2.75, 3.05) is 6.54 Å². The van der Waals surface area contributed by atoms with E-state index in [1.165, 1.54) is 5.56 Å². The number of hydrogen-bond acceptors (Lipinski definition) is 2. The van der Waals surface area contributed by atoms with E-state index in [-0.39, 0.29) is 17.1 Å². The molecule has 0 aliphatic heterocycles. The van der Waals surface area contributed by atoms with Crippen LogP contribution in [0.5, 0.6) is 0 Å². The van der Waals surface area contributed by atoms with Gasteiger partial charge >= 0.3 is 0 Å². The molecule has 0 bridgehead atoms. The lowest BCUT2D eigenvalue weighted by Gasteiger charge is -2.28. The summed E-state index contributed by atoms with van der Waals surface area (Å²) in [7, 11) is 0. The van der Waals surface area contributed by atoms with Gasteiger partial charge in [-0.05, 0) is 36.3 Å². The molecule has 24 heavy (non-hydrogen) atoms. The van der Waals surface area contributed by atoms with Crippen molar-refractivity contribution >= 4 is 11.7 Å². The van der Waals surface area contributed by atoms with Crippen molar-refractivity contribution in [2.45, 2.75) is 40.0 Å². The second-order valence-corrected chi connectivity index (χ2v) is 7.41. The average Bonchev–Trinajstić information content (AvgIpc) is 2.83. The van der Waals surface area contributed by atoms with Crippen LogP contribution in [0.25, 0.3) is 0 Å². The van der Waals surface area contributed by atoms with Crippen molar-refractivity contribution in [3.8, 4) is 0 Å². The number of carbonyl (C=O) groups is 2. The number of carbonyl (C=O) groups excluding carboxylic acids is 2. The van der Waals surface area contributed by atoms with Gasteiger partial charge in [-0.3, -0.25) is 9.59 Å². The maximum absolute atomic E-state index is 12.5. The third-order valence-corrected chi connectivity index (χ3v) is 4.67. The molecule has 1 aliphatic rings. The number of Topliss-reactive ketones (excluding diaryl/α,β-unsaturated/α-hetero) is 1. The normalized spacial score (nSPS) is 15.9. The molecule has 1 aromatic carbocycles. The van der Waals surface area contributed by atoms with Crippen LogP contribution in [0.4, 0.5) is 0 Å². The van der Waals surface area contributed by atoms with Crippen molar-refractivity contribution < 1.29 is 9.59 Å². The SMILES string of the molecule is Cc1c(C(=O)NCCc2ccccc2)[nH]c2c1C(=O)CC(C)(C)C2. The Kier molecular flexibility index (Phi) is 4.31. The largest absolute Gasteiger partial charge is 0.354 e. The lowest BCUT2D eigenvalue weighted by molar-refractivity contribution is 0.0909. The lowest BCUT2D eigenvalue weighted by atomic mass is 9.75. The van der Waals surface area contributed by atoms with Gasteiger partial charge in [0, 0.05) is 24.2 Å². The number of fused-ring (bicyclic) bond motifs is 1. The minimum atomic E-state index is -0.136. The number of aromatic nitrogens is 1. The highest BCUT2D eigenvalue weighted by atomic mass is 16.2. The summed E-state index contributed by atoms with van der Waals surface area (Å²) in [5.74, 6) is 0.00164. The molecule has 0 saturated carbocycles. The van der Waals surface area contributed by atoms with Crippen molar-refractivity contribution in [2.24, 2.45) is 5.41 Å². The van der Waals surface area contributed by atoms with Crippen LogP contribution in [-0.4, -0.2) is 23.2 Å². The number of amides is 1. The molecule has 0 saturated heterocycles. The topological polar surface area (TPSA) is 62.0 Å². The van der Waals surface area contributed by atoms with E-state index in [1.807, 2.05) is 37.3 Å². The summed E-state index contributed by atoms with van der Waals surface area (Å²) in [5.41, 5.74) is 4.08. The molecule has 1 aromatic heterocycles. The minimum Gasteiger partial charge on any atom is -0.354 e. The zero-order chi connectivity index (χ0) is 17.3. The van der Waals surface area contributed by atoms with E-state index < -0.39 is 0 Å². The highest BCUT2D eigenvalue weighted by molar-refractivity contribution is 6.04. The van der Waals surface area contributed by atoms with E-state index >= 15 is 0 Å². The molecule has 0 unspecified atom stereocenters. The van der Waals surface area contributed by atoms with E-state index in [9.17, 15) is 9.59 Å². The molecule has 4 nitrogen and oxygen atoms in total. The van der Waals surface area contributed by atoms with Gasteiger partial charge in [0.25, 0.3) is 5.91 Å². The summed E-state index contributed by atoms with van der Waals surface area (Å²) in [4.78, 5) is 28.1. The molecule has 4 heteroatoms. The van der Waals surface area contributed by atoms with Gasteiger partial charge in [-0.1, -0.05) is 44.2 Å². The highest BCUT2D eigenvalue weighted by Gasteiger charge is 2.35. The van der Waals surface area contributed by atoms with E-state index in [0.717, 1.165) is 29.7 Å². The highest BCUT2D eigenvalue weighted by Crippen LogP contribution is 2.36. The van der Waals surface area contributed by atoms with Gasteiger partial charge in [0.15, 0.2) is 5.78 Å². The molecule has 2 aromatic rings. The Morgan fingerprint density at radius 3 is 2.62 bits per heavy atom. The summed E-state index contributed by atoms with van der Waals surface area (Å²) in [6.07, 6.45) is 2.12. The monoisotopic (exact) mass is 324 g/mol. The Bertz CT molecular complexity index is 772. The molecule has 0 radical (unpaired) electrons. The van der Waals surface area contributed by atoms with Gasteiger partial charge < -0.3 is 10.3 Å². The Hall–Kier alpha value is -2.36. The fraction of sp³-hybridized carbons (Fsp3) is 0.400. The van der Waals surface area contributed by atoms with Crippen LogP contribution < -0.4 is 5.32 Å². The number of aromatic amines is 1. The van der Waals surface area contributed by atoms with Gasteiger partial charge in [-0.15, -0.1) is 0 Å². The molecule has 3 rings (SSSR count). The standard InChI is InChI=1S/C20H24N2O2/c1-13-17-15(11-20(2,3)12-16(17)23)22-18(13)19(24)21-10-9-14-7-5-4-6-8-14/h4-8,22H,9-12H2,1-3H3,(H,21,24). The molecule has 0 spiro atoms. The first-order valence-electron chi connectivity index (χ1n) is 8.44. The van der Waals surface area contributed by atoms with Crippen LogP contribution in [0.3, 0.4) is 0 Å². The van der Waals surface area contributed by atoms with Gasteiger partial charge in [0.2, 0.25) is 0 Å². The van der Waals surface area contributed by atoms with Gasteiger partial charge in [0.1, 0.15) is 5.69 Å². The number of ketones is 1. The number of rotatable bonds is 4. The number of nitrogens with one attached hydrogen (secondary N) is 2. The van der Waals surface area contributed by atoms with Crippen molar-refractivity contribution in [3.05, 3.63) is 58.4 Å². The summed E-state index contributed by atoms with van der Waals surface area (Å²) in [5, 5.41) is 2.95. The lowest BCUT2D eigenvalue weighted by Crippen LogP contribution is -2.26. The Morgan fingerprint density at radius 1 is 1.21 bits per heavy atom. The second-order valence-electron chi connectivity index (χ2n) is 7.41. The second kappa shape index (κ2) is 6.27. The Labute approximate surface area is 142 Å². The third-order valence-electron chi connectivity index (χ3n) is 4.67. The molecule has 126 valence electrons. The molecule has 1 heterocycles. The molecular formula is C20H24N2O2. The maximum Gasteiger partial charge on any atom is 0.268 e. The van der Waals surface area contributed by atoms with Crippen LogP contribution in [0.1, 0.15) is 57.9 Å². The molecule has 1 aliphatic carbocycles. The van der Waals surface area contributed by atoms with Crippen LogP contribution in [0, 0.1) is 12.3 Å². The predicted molar refractivity (Wildman–Crippen MR) is 94.4 cm³/mol. The van der Waals surface area contributed by atoms with Crippen LogP contribution >= 0.6 is 0 Å². The van der Waals surface area contributed by atoms with Crippen LogP contribution in [0.2, 0.25) is 0 Å². The van der Waals surface area contributed by atoms with E-state index in [1.54, 1.807) is 0 Å². The van der Waals surface area contributed by atoms with Gasteiger partial charge in [0.05, 0.1) is 0 Å². The van der Waals surface area contributed by atoms with Crippen LogP contribution in [-0.2, 0) is 12.8 Å². The number of hydrogen-bond donors (Lipinski definition) is 2. The zero-order valence-corrected chi connectivity index (χ0v) is 14.5. The molecule has 0 atom stereocenters. The van der Waals surface area contributed by atoms with Crippen molar-refractivity contribution in [3.63, 3.8) is 0 Å². The quantitative estimate of drug-likeness (QED) is 0.905. The van der Waals surface area contributed by atoms with E-state index in [2.05, 4.69) is 24.1 Å². The summed E-state index contributed by atoms with van der Waals surface area (Å²) >= 11 is 0. The molecule has 2 N–H and O–H groups in total. The minimum absolute atomic E-state index is 0.0531. The molecular weight excluding hydrogens is 300 g/mol. The zero-order valence-electron chi connectivity index (χ0n) is 14.5. The van der Waals surface area contributed by atoms with Gasteiger partial charge in [-0.2, -0.15) is 0 Å². The fourth-order valence-corrected chi connectivity index (χ4v) is 3.51. The average molecular weight is 324 g/mol. The Balaban J connectivity index is 1.71. The number of benzene rings is 1.